The normalized spacial score (nSPS) is 18.4. The molecular formula is C18H20O2. The summed E-state index contributed by atoms with van der Waals surface area (Å²) in [7, 11) is 0. The lowest BCUT2D eigenvalue weighted by atomic mass is 9.93. The molecule has 104 valence electrons. The molecule has 0 bridgehead atoms. The van der Waals surface area contributed by atoms with Crippen molar-refractivity contribution in [1.82, 2.24) is 0 Å². The number of hydrogen-bond donors (Lipinski definition) is 1. The maximum absolute atomic E-state index is 9.61. The molecule has 1 heterocycles. The van der Waals surface area contributed by atoms with Crippen molar-refractivity contribution in [1.29, 1.82) is 0 Å². The minimum absolute atomic E-state index is 0.202. The van der Waals surface area contributed by atoms with Gasteiger partial charge in [-0.2, -0.15) is 0 Å². The van der Waals surface area contributed by atoms with Gasteiger partial charge in [0, 0.05) is 13.0 Å². The Morgan fingerprint density at radius 2 is 1.80 bits per heavy atom. The van der Waals surface area contributed by atoms with E-state index in [-0.39, 0.29) is 18.6 Å². The predicted molar refractivity (Wildman–Crippen MR) is 79.9 cm³/mol. The Hall–Kier alpha value is -1.80. The molecule has 0 spiro atoms. The molecule has 2 atom stereocenters. The third-order valence-electron chi connectivity index (χ3n) is 3.94. The number of hydrogen-bond acceptors (Lipinski definition) is 2. The second kappa shape index (κ2) is 6.10. The summed E-state index contributed by atoms with van der Waals surface area (Å²) in [6.07, 6.45) is 2.97. The first-order valence-electron chi connectivity index (χ1n) is 7.24. The highest BCUT2D eigenvalue weighted by Crippen LogP contribution is 2.31. The standard InChI is InChI=1S/C18H20O2/c19-13-15(10-14-6-2-1-3-7-14)11-17-12-16-8-4-5-9-18(16)20-17/h1-9,15,17,19H,10-13H2. The fourth-order valence-corrected chi connectivity index (χ4v) is 2.93. The first kappa shape index (κ1) is 13.2. The van der Waals surface area contributed by atoms with Crippen LogP contribution < -0.4 is 4.74 Å². The van der Waals surface area contributed by atoms with Crippen LogP contribution in [0.3, 0.4) is 0 Å². The number of ether oxygens (including phenoxy) is 1. The van der Waals surface area contributed by atoms with E-state index in [1.807, 2.05) is 30.3 Å². The van der Waals surface area contributed by atoms with Gasteiger partial charge in [0.1, 0.15) is 11.9 Å². The van der Waals surface area contributed by atoms with Gasteiger partial charge >= 0.3 is 0 Å². The van der Waals surface area contributed by atoms with Gasteiger partial charge in [-0.1, -0.05) is 48.5 Å². The van der Waals surface area contributed by atoms with Crippen molar-refractivity contribution >= 4 is 0 Å². The zero-order valence-corrected chi connectivity index (χ0v) is 11.5. The number of aliphatic hydroxyl groups excluding tert-OH is 1. The van der Waals surface area contributed by atoms with Gasteiger partial charge in [0.15, 0.2) is 0 Å². The molecule has 2 unspecified atom stereocenters. The van der Waals surface area contributed by atoms with Crippen LogP contribution >= 0.6 is 0 Å². The van der Waals surface area contributed by atoms with Gasteiger partial charge < -0.3 is 9.84 Å². The third-order valence-corrected chi connectivity index (χ3v) is 3.94. The summed E-state index contributed by atoms with van der Waals surface area (Å²) >= 11 is 0. The van der Waals surface area contributed by atoms with Crippen molar-refractivity contribution in [3.8, 4) is 5.75 Å². The number of para-hydroxylation sites is 1. The highest BCUT2D eigenvalue weighted by atomic mass is 16.5. The smallest absolute Gasteiger partial charge is 0.123 e. The fraction of sp³-hybridized carbons (Fsp3) is 0.333. The Balaban J connectivity index is 1.60. The maximum atomic E-state index is 9.61. The van der Waals surface area contributed by atoms with Gasteiger partial charge in [-0.05, 0) is 36.0 Å². The Morgan fingerprint density at radius 1 is 1.05 bits per heavy atom. The van der Waals surface area contributed by atoms with E-state index < -0.39 is 0 Å². The largest absolute Gasteiger partial charge is 0.490 e. The van der Waals surface area contributed by atoms with Crippen LogP contribution in [-0.4, -0.2) is 17.8 Å². The van der Waals surface area contributed by atoms with Crippen LogP contribution in [0, 0.1) is 5.92 Å². The van der Waals surface area contributed by atoms with E-state index in [2.05, 4.69) is 24.3 Å². The minimum atomic E-state index is 0.202. The van der Waals surface area contributed by atoms with Gasteiger partial charge in [-0.15, -0.1) is 0 Å². The van der Waals surface area contributed by atoms with Gasteiger partial charge in [0.05, 0.1) is 0 Å². The van der Waals surface area contributed by atoms with Crippen molar-refractivity contribution in [3.05, 3.63) is 65.7 Å². The predicted octanol–water partition coefficient (Wildman–Crippen LogP) is 3.23. The van der Waals surface area contributed by atoms with Crippen LogP contribution in [0.5, 0.6) is 5.75 Å². The second-order valence-corrected chi connectivity index (χ2v) is 5.53. The molecule has 0 saturated heterocycles. The minimum Gasteiger partial charge on any atom is -0.490 e. The number of rotatable bonds is 5. The zero-order valence-electron chi connectivity index (χ0n) is 11.5. The lowest BCUT2D eigenvalue weighted by Gasteiger charge is -2.18. The van der Waals surface area contributed by atoms with E-state index in [0.29, 0.717) is 0 Å². The SMILES string of the molecule is OCC(Cc1ccccc1)CC1Cc2ccccc2O1. The fourth-order valence-electron chi connectivity index (χ4n) is 2.93. The molecule has 1 aliphatic heterocycles. The summed E-state index contributed by atoms with van der Waals surface area (Å²) in [6.45, 7) is 0.213. The van der Waals surface area contributed by atoms with Gasteiger partial charge in [0.2, 0.25) is 0 Å². The van der Waals surface area contributed by atoms with E-state index in [4.69, 9.17) is 4.74 Å². The summed E-state index contributed by atoms with van der Waals surface area (Å²) in [5, 5.41) is 9.61. The Labute approximate surface area is 120 Å². The molecule has 0 fully saturated rings. The zero-order chi connectivity index (χ0) is 13.8. The lowest BCUT2D eigenvalue weighted by Crippen LogP contribution is -2.22. The van der Waals surface area contributed by atoms with Crippen LogP contribution in [0.25, 0.3) is 0 Å². The second-order valence-electron chi connectivity index (χ2n) is 5.53. The molecule has 2 nitrogen and oxygen atoms in total. The highest BCUT2D eigenvalue weighted by molar-refractivity contribution is 5.37. The van der Waals surface area contributed by atoms with E-state index in [0.717, 1.165) is 25.0 Å². The molecule has 0 saturated carbocycles. The van der Waals surface area contributed by atoms with Gasteiger partial charge in [-0.25, -0.2) is 0 Å². The molecular weight excluding hydrogens is 248 g/mol. The van der Waals surface area contributed by atoms with Crippen LogP contribution in [0.2, 0.25) is 0 Å². The maximum Gasteiger partial charge on any atom is 0.123 e. The molecule has 3 rings (SSSR count). The van der Waals surface area contributed by atoms with Crippen LogP contribution in [-0.2, 0) is 12.8 Å². The molecule has 0 amide bonds. The first-order chi connectivity index (χ1) is 9.85. The average molecular weight is 268 g/mol. The Morgan fingerprint density at radius 3 is 2.55 bits per heavy atom. The quantitative estimate of drug-likeness (QED) is 0.902. The van der Waals surface area contributed by atoms with Crippen LogP contribution in [0.4, 0.5) is 0 Å². The number of fused-ring (bicyclic) bond motifs is 1. The molecule has 20 heavy (non-hydrogen) atoms. The van der Waals surface area contributed by atoms with Crippen molar-refractivity contribution in [2.45, 2.75) is 25.4 Å². The van der Waals surface area contributed by atoms with E-state index >= 15 is 0 Å². The molecule has 0 aromatic heterocycles. The Kier molecular flexibility index (Phi) is 4.03. The van der Waals surface area contributed by atoms with Crippen molar-refractivity contribution in [2.75, 3.05) is 6.61 Å². The summed E-state index contributed by atoms with van der Waals surface area (Å²) < 4.78 is 5.97. The first-order valence-corrected chi connectivity index (χ1v) is 7.24. The monoisotopic (exact) mass is 268 g/mol. The molecule has 1 aliphatic rings. The number of aliphatic hydroxyl groups is 1. The molecule has 2 aromatic rings. The molecule has 0 aliphatic carbocycles. The topological polar surface area (TPSA) is 29.5 Å². The van der Waals surface area contributed by atoms with Gasteiger partial charge in [-0.3, -0.25) is 0 Å². The Bertz CT molecular complexity index is 525. The van der Waals surface area contributed by atoms with Gasteiger partial charge in [0.25, 0.3) is 0 Å². The third kappa shape index (κ3) is 3.02. The highest BCUT2D eigenvalue weighted by Gasteiger charge is 2.25. The van der Waals surface area contributed by atoms with Crippen LogP contribution in [0.1, 0.15) is 17.5 Å². The van der Waals surface area contributed by atoms with Crippen LogP contribution in [0.15, 0.2) is 54.6 Å². The average Bonchev–Trinajstić information content (AvgIpc) is 2.90. The van der Waals surface area contributed by atoms with E-state index in [9.17, 15) is 5.11 Å². The van der Waals surface area contributed by atoms with E-state index in [1.54, 1.807) is 0 Å². The van der Waals surface area contributed by atoms with Crippen molar-refractivity contribution in [2.24, 2.45) is 5.92 Å². The summed E-state index contributed by atoms with van der Waals surface area (Å²) in [5.74, 6) is 1.27. The number of benzene rings is 2. The summed E-state index contributed by atoms with van der Waals surface area (Å²) in [4.78, 5) is 0. The van der Waals surface area contributed by atoms with Crippen molar-refractivity contribution in [3.63, 3.8) is 0 Å². The molecule has 1 N–H and O–H groups in total. The van der Waals surface area contributed by atoms with E-state index in [1.165, 1.54) is 11.1 Å². The molecule has 0 radical (unpaired) electrons. The summed E-state index contributed by atoms with van der Waals surface area (Å²) in [6, 6.07) is 18.6. The molecule has 2 heteroatoms. The van der Waals surface area contributed by atoms with Crippen molar-refractivity contribution < 1.29 is 9.84 Å². The summed E-state index contributed by atoms with van der Waals surface area (Å²) in [5.41, 5.74) is 2.57. The lowest BCUT2D eigenvalue weighted by molar-refractivity contribution is 0.149. The molecule has 2 aromatic carbocycles.